The number of hydrogen-bond acceptors (Lipinski definition) is 4. The zero-order chi connectivity index (χ0) is 26.7. The number of halogens is 3. The Morgan fingerprint density at radius 2 is 1.84 bits per heavy atom. The fourth-order valence-electron chi connectivity index (χ4n) is 4.23. The lowest BCUT2D eigenvalue weighted by Crippen LogP contribution is -2.68. The molecule has 7 nitrogen and oxygen atoms in total. The lowest BCUT2D eigenvalue weighted by atomic mass is 9.81. The molecule has 0 saturated carbocycles. The van der Waals surface area contributed by atoms with E-state index in [0.29, 0.717) is 35.2 Å². The predicted octanol–water partition coefficient (Wildman–Crippen LogP) is 5.00. The van der Waals surface area contributed by atoms with Gasteiger partial charge in [0.2, 0.25) is 5.91 Å². The maximum absolute atomic E-state index is 13.4. The van der Waals surface area contributed by atoms with Crippen molar-refractivity contribution in [2.45, 2.75) is 19.0 Å². The van der Waals surface area contributed by atoms with Gasteiger partial charge in [-0.3, -0.25) is 14.3 Å². The largest absolute Gasteiger partial charge is 0.339 e. The third kappa shape index (κ3) is 6.26. The van der Waals surface area contributed by atoms with Gasteiger partial charge in [0.25, 0.3) is 5.91 Å². The zero-order valence-electron chi connectivity index (χ0n) is 20.8. The van der Waals surface area contributed by atoms with Crippen molar-refractivity contribution in [3.05, 3.63) is 91.6 Å². The molecule has 2 heterocycles. The molecule has 2 aromatic carbocycles. The lowest BCUT2D eigenvalue weighted by molar-refractivity contribution is -0.134. The maximum Gasteiger partial charge on any atom is 0.255 e. The van der Waals surface area contributed by atoms with Gasteiger partial charge >= 0.3 is 0 Å². The molecule has 0 aliphatic carbocycles. The van der Waals surface area contributed by atoms with Gasteiger partial charge in [0.1, 0.15) is 5.54 Å². The first kappa shape index (κ1) is 27.4. The van der Waals surface area contributed by atoms with Gasteiger partial charge in [-0.15, -0.1) is 0 Å². The second kappa shape index (κ2) is 11.4. The summed E-state index contributed by atoms with van der Waals surface area (Å²) in [7, 11) is 4.00. The van der Waals surface area contributed by atoms with Crippen molar-refractivity contribution in [2.75, 3.05) is 33.7 Å². The van der Waals surface area contributed by atoms with Gasteiger partial charge in [0, 0.05) is 22.8 Å². The van der Waals surface area contributed by atoms with E-state index >= 15 is 0 Å². The average molecular weight is 605 g/mol. The van der Waals surface area contributed by atoms with E-state index < -0.39 is 5.54 Å². The number of nitrogens with zero attached hydrogens (tertiary/aromatic N) is 4. The van der Waals surface area contributed by atoms with Crippen LogP contribution in [0.2, 0.25) is 10.0 Å². The van der Waals surface area contributed by atoms with Crippen molar-refractivity contribution >= 4 is 57.0 Å². The topological polar surface area (TPSA) is 70.5 Å². The van der Waals surface area contributed by atoms with Gasteiger partial charge < -0.3 is 15.1 Å². The number of hydrogen-bond donors (Lipinski definition) is 1. The average Bonchev–Trinajstić information content (AvgIpc) is 3.21. The van der Waals surface area contributed by atoms with Gasteiger partial charge in [0.15, 0.2) is 0 Å². The number of rotatable bonds is 8. The van der Waals surface area contributed by atoms with Crippen molar-refractivity contribution in [3.63, 3.8) is 0 Å². The lowest BCUT2D eigenvalue weighted by Gasteiger charge is -2.50. The van der Waals surface area contributed by atoms with E-state index in [-0.39, 0.29) is 11.8 Å². The summed E-state index contributed by atoms with van der Waals surface area (Å²) in [5, 5.41) is 8.50. The molecule has 0 radical (unpaired) electrons. The van der Waals surface area contributed by atoms with Crippen LogP contribution in [0, 0.1) is 6.92 Å². The fraction of sp³-hybridized carbons (Fsp3) is 0.296. The highest BCUT2D eigenvalue weighted by molar-refractivity contribution is 9.10. The number of benzene rings is 2. The first-order chi connectivity index (χ1) is 17.6. The summed E-state index contributed by atoms with van der Waals surface area (Å²) in [6.07, 6.45) is 4.82. The van der Waals surface area contributed by atoms with Crippen LogP contribution in [0.5, 0.6) is 0 Å². The molecule has 3 aromatic rings. The highest BCUT2D eigenvalue weighted by Gasteiger charge is 2.47. The summed E-state index contributed by atoms with van der Waals surface area (Å²) in [6, 6.07) is 13.0. The highest BCUT2D eigenvalue weighted by atomic mass is 79.9. The standard InChI is InChI=1S/C27H28BrCl2N5O2/c1-18-22(15-31-35(18)13-12-33(2)3)26(37)32-27(20-6-8-21(28)9-7-20)16-34(17-27)25(36)11-5-19-4-10-23(29)24(30)14-19/h4-11,14-15H,12-13,16-17H2,1-3H3,(H,32,37)/b11-5+. The smallest absolute Gasteiger partial charge is 0.255 e. The van der Waals surface area contributed by atoms with Crippen molar-refractivity contribution in [1.82, 2.24) is 24.9 Å². The van der Waals surface area contributed by atoms with Crippen LogP contribution in [0.3, 0.4) is 0 Å². The van der Waals surface area contributed by atoms with E-state index in [4.69, 9.17) is 23.2 Å². The summed E-state index contributed by atoms with van der Waals surface area (Å²) in [4.78, 5) is 30.1. The number of likely N-dealkylation sites (N-methyl/N-ethyl adjacent to an activating group) is 1. The SMILES string of the molecule is Cc1c(C(=O)NC2(c3ccc(Br)cc3)CN(C(=O)/C=C/c3ccc(Cl)c(Cl)c3)C2)cnn1CCN(C)C. The Labute approximate surface area is 235 Å². The fourth-order valence-corrected chi connectivity index (χ4v) is 4.80. The van der Waals surface area contributed by atoms with Crippen LogP contribution in [-0.4, -0.2) is 65.1 Å². The Morgan fingerprint density at radius 3 is 2.49 bits per heavy atom. The minimum atomic E-state index is -0.705. The van der Waals surface area contributed by atoms with Crippen molar-refractivity contribution in [1.29, 1.82) is 0 Å². The number of likely N-dealkylation sites (tertiary alicyclic amines) is 1. The Balaban J connectivity index is 1.50. The Kier molecular flexibility index (Phi) is 8.43. The van der Waals surface area contributed by atoms with Crippen LogP contribution >= 0.6 is 39.1 Å². The first-order valence-corrected chi connectivity index (χ1v) is 13.3. The molecule has 1 aromatic heterocycles. The van der Waals surface area contributed by atoms with Crippen LogP contribution in [0.15, 0.2) is 59.2 Å². The quantitative estimate of drug-likeness (QED) is 0.367. The third-order valence-corrected chi connectivity index (χ3v) is 7.72. The number of carbonyl (C=O) groups is 2. The molecule has 2 amide bonds. The van der Waals surface area contributed by atoms with Gasteiger partial charge in [-0.05, 0) is 62.5 Å². The maximum atomic E-state index is 13.4. The minimum Gasteiger partial charge on any atom is -0.339 e. The molecule has 10 heteroatoms. The Morgan fingerprint density at radius 1 is 1.14 bits per heavy atom. The highest BCUT2D eigenvalue weighted by Crippen LogP contribution is 2.34. The minimum absolute atomic E-state index is 0.152. The van der Waals surface area contributed by atoms with Gasteiger partial charge in [-0.25, -0.2) is 0 Å². The molecule has 1 aliphatic heterocycles. The second-order valence-electron chi connectivity index (χ2n) is 9.41. The summed E-state index contributed by atoms with van der Waals surface area (Å²) >= 11 is 15.5. The molecule has 1 fully saturated rings. The molecule has 1 saturated heterocycles. The van der Waals surface area contributed by atoms with E-state index in [9.17, 15) is 9.59 Å². The van der Waals surface area contributed by atoms with E-state index in [1.165, 1.54) is 6.08 Å². The number of aromatic nitrogens is 2. The van der Waals surface area contributed by atoms with Crippen LogP contribution in [-0.2, 0) is 16.9 Å². The van der Waals surface area contributed by atoms with Crippen LogP contribution in [0.25, 0.3) is 6.08 Å². The van der Waals surface area contributed by atoms with E-state index in [2.05, 4.69) is 31.2 Å². The molecule has 1 aliphatic rings. The van der Waals surface area contributed by atoms with E-state index in [1.54, 1.807) is 35.4 Å². The molecule has 4 rings (SSSR count). The molecule has 0 bridgehead atoms. The van der Waals surface area contributed by atoms with Crippen molar-refractivity contribution in [2.24, 2.45) is 0 Å². The van der Waals surface area contributed by atoms with Crippen LogP contribution in [0.4, 0.5) is 0 Å². The summed E-state index contributed by atoms with van der Waals surface area (Å²) in [5.74, 6) is -0.365. The van der Waals surface area contributed by atoms with Crippen LogP contribution < -0.4 is 5.32 Å². The molecule has 0 atom stereocenters. The van der Waals surface area contributed by atoms with Crippen molar-refractivity contribution < 1.29 is 9.59 Å². The molecule has 0 unspecified atom stereocenters. The molecule has 194 valence electrons. The molecule has 1 N–H and O–H groups in total. The predicted molar refractivity (Wildman–Crippen MR) is 151 cm³/mol. The monoisotopic (exact) mass is 603 g/mol. The van der Waals surface area contributed by atoms with E-state index in [0.717, 1.165) is 27.8 Å². The zero-order valence-corrected chi connectivity index (χ0v) is 23.9. The molecule has 0 spiro atoms. The van der Waals surface area contributed by atoms with E-state index in [1.807, 2.05) is 50.0 Å². The van der Waals surface area contributed by atoms with Gasteiger partial charge in [0.05, 0.1) is 41.4 Å². The van der Waals surface area contributed by atoms with Crippen molar-refractivity contribution in [3.8, 4) is 0 Å². The van der Waals surface area contributed by atoms with Crippen LogP contribution in [0.1, 0.15) is 27.2 Å². The number of nitrogens with one attached hydrogen (secondary N) is 1. The second-order valence-corrected chi connectivity index (χ2v) is 11.1. The molecular weight excluding hydrogens is 577 g/mol. The summed E-state index contributed by atoms with van der Waals surface area (Å²) < 4.78 is 2.78. The number of carbonyl (C=O) groups excluding carboxylic acids is 2. The number of amides is 2. The summed E-state index contributed by atoms with van der Waals surface area (Å²) in [6.45, 7) is 4.10. The Hall–Kier alpha value is -2.65. The van der Waals surface area contributed by atoms with Gasteiger partial charge in [-0.1, -0.05) is 57.3 Å². The normalized spacial score (nSPS) is 14.7. The Bertz CT molecular complexity index is 1330. The summed E-state index contributed by atoms with van der Waals surface area (Å²) in [5.41, 5.74) is 2.33. The van der Waals surface area contributed by atoms with Gasteiger partial charge in [-0.2, -0.15) is 5.10 Å². The molecular formula is C27H28BrCl2N5O2. The molecule has 37 heavy (non-hydrogen) atoms. The third-order valence-electron chi connectivity index (χ3n) is 6.45. The first-order valence-electron chi connectivity index (χ1n) is 11.8.